The molecule has 108 valence electrons. The number of rotatable bonds is 5. The summed E-state index contributed by atoms with van der Waals surface area (Å²) < 4.78 is 1.94. The van der Waals surface area contributed by atoms with E-state index in [1.807, 2.05) is 18.5 Å². The fraction of sp³-hybridized carbons (Fsp3) is 0.533. The molecule has 0 saturated heterocycles. The van der Waals surface area contributed by atoms with Crippen LogP contribution in [0.25, 0.3) is 11.5 Å². The zero-order valence-corrected chi connectivity index (χ0v) is 12.9. The van der Waals surface area contributed by atoms with Gasteiger partial charge in [-0.1, -0.05) is 20.8 Å². The highest BCUT2D eigenvalue weighted by Gasteiger charge is 2.16. The highest BCUT2D eigenvalue weighted by Crippen LogP contribution is 2.27. The molecule has 0 aliphatic rings. The topological polar surface area (TPSA) is 55.6 Å². The molecule has 0 atom stereocenters. The lowest BCUT2D eigenvalue weighted by Gasteiger charge is -2.17. The van der Waals surface area contributed by atoms with Crippen LogP contribution in [0.15, 0.2) is 12.5 Å². The second-order valence-corrected chi connectivity index (χ2v) is 5.37. The van der Waals surface area contributed by atoms with Crippen LogP contribution in [-0.2, 0) is 7.05 Å². The summed E-state index contributed by atoms with van der Waals surface area (Å²) in [6.07, 6.45) is 4.64. The molecular weight excluding hydrogens is 250 g/mol. The first kappa shape index (κ1) is 14.5. The van der Waals surface area contributed by atoms with E-state index in [4.69, 9.17) is 4.98 Å². The first-order chi connectivity index (χ1) is 9.54. The molecule has 1 N–H and O–H groups in total. The summed E-state index contributed by atoms with van der Waals surface area (Å²) in [6.45, 7) is 9.46. The summed E-state index contributed by atoms with van der Waals surface area (Å²) in [5, 5.41) is 3.43. The monoisotopic (exact) mass is 273 g/mol. The van der Waals surface area contributed by atoms with Gasteiger partial charge in [0.2, 0.25) is 0 Å². The van der Waals surface area contributed by atoms with E-state index in [0.717, 1.165) is 36.0 Å². The van der Waals surface area contributed by atoms with Gasteiger partial charge in [0.25, 0.3) is 0 Å². The normalized spacial score (nSPS) is 11.1. The van der Waals surface area contributed by atoms with Crippen LogP contribution >= 0.6 is 0 Å². The molecule has 0 saturated carbocycles. The lowest BCUT2D eigenvalue weighted by molar-refractivity contribution is 0.822. The molecule has 2 heterocycles. The predicted octanol–water partition coefficient (Wildman–Crippen LogP) is 3.13. The average molecular weight is 273 g/mol. The van der Waals surface area contributed by atoms with Gasteiger partial charge in [0.05, 0.1) is 12.5 Å². The molecule has 5 nitrogen and oxygen atoms in total. The van der Waals surface area contributed by atoms with Crippen LogP contribution < -0.4 is 5.32 Å². The number of nitrogens with zero attached hydrogens (tertiary/aromatic N) is 4. The average Bonchev–Trinajstić information content (AvgIpc) is 2.81. The van der Waals surface area contributed by atoms with Crippen molar-refractivity contribution in [2.45, 2.75) is 40.0 Å². The van der Waals surface area contributed by atoms with Gasteiger partial charge in [-0.25, -0.2) is 15.0 Å². The Morgan fingerprint density at radius 3 is 2.60 bits per heavy atom. The van der Waals surface area contributed by atoms with Crippen molar-refractivity contribution in [3.63, 3.8) is 0 Å². The van der Waals surface area contributed by atoms with Crippen molar-refractivity contribution in [2.24, 2.45) is 7.05 Å². The van der Waals surface area contributed by atoms with Gasteiger partial charge in [-0.3, -0.25) is 0 Å². The molecule has 0 aliphatic heterocycles. The smallest absolute Gasteiger partial charge is 0.180 e. The van der Waals surface area contributed by atoms with E-state index < -0.39 is 0 Å². The molecule has 2 aromatic heterocycles. The number of nitrogens with one attached hydrogen (secondary N) is 1. The van der Waals surface area contributed by atoms with Gasteiger partial charge in [-0.15, -0.1) is 0 Å². The Kier molecular flexibility index (Phi) is 4.37. The minimum Gasteiger partial charge on any atom is -0.370 e. The van der Waals surface area contributed by atoms with Crippen LogP contribution in [0.5, 0.6) is 0 Å². The van der Waals surface area contributed by atoms with E-state index in [1.165, 1.54) is 5.56 Å². The van der Waals surface area contributed by atoms with E-state index >= 15 is 0 Å². The summed E-state index contributed by atoms with van der Waals surface area (Å²) >= 11 is 0. The van der Waals surface area contributed by atoms with Crippen molar-refractivity contribution in [1.29, 1.82) is 0 Å². The maximum Gasteiger partial charge on any atom is 0.180 e. The fourth-order valence-corrected chi connectivity index (χ4v) is 2.34. The summed E-state index contributed by atoms with van der Waals surface area (Å²) in [7, 11) is 1.95. The summed E-state index contributed by atoms with van der Waals surface area (Å²) in [5.74, 6) is 2.07. The lowest BCUT2D eigenvalue weighted by atomic mass is 10.0. The fourth-order valence-electron chi connectivity index (χ4n) is 2.34. The van der Waals surface area contributed by atoms with Crippen molar-refractivity contribution in [3.05, 3.63) is 23.8 Å². The number of anilines is 1. The molecule has 0 spiro atoms. The third-order valence-corrected chi connectivity index (χ3v) is 3.30. The van der Waals surface area contributed by atoms with Gasteiger partial charge in [0.1, 0.15) is 11.5 Å². The number of hydrogen-bond acceptors (Lipinski definition) is 4. The van der Waals surface area contributed by atoms with Gasteiger partial charge in [0, 0.05) is 24.8 Å². The summed E-state index contributed by atoms with van der Waals surface area (Å²) in [5.41, 5.74) is 3.16. The van der Waals surface area contributed by atoms with E-state index in [9.17, 15) is 0 Å². The SMILES string of the molecule is CCCNc1nc(-c2cncn2C)nc(C)c1C(C)C. The molecule has 0 amide bonds. The molecule has 0 fully saturated rings. The number of aromatic nitrogens is 4. The highest BCUT2D eigenvalue weighted by molar-refractivity contribution is 5.57. The van der Waals surface area contributed by atoms with Crippen LogP contribution in [0.3, 0.4) is 0 Å². The minimum absolute atomic E-state index is 0.398. The molecule has 2 rings (SSSR count). The van der Waals surface area contributed by atoms with Crippen LogP contribution in [-0.4, -0.2) is 26.1 Å². The van der Waals surface area contributed by atoms with Crippen molar-refractivity contribution < 1.29 is 0 Å². The zero-order valence-electron chi connectivity index (χ0n) is 12.9. The van der Waals surface area contributed by atoms with Gasteiger partial charge < -0.3 is 9.88 Å². The third kappa shape index (κ3) is 2.81. The first-order valence-corrected chi connectivity index (χ1v) is 7.13. The second kappa shape index (κ2) is 6.03. The van der Waals surface area contributed by atoms with Gasteiger partial charge in [-0.05, 0) is 19.3 Å². The van der Waals surface area contributed by atoms with Crippen LogP contribution in [0.4, 0.5) is 5.82 Å². The van der Waals surface area contributed by atoms with Crippen molar-refractivity contribution in [3.8, 4) is 11.5 Å². The van der Waals surface area contributed by atoms with Crippen LogP contribution in [0.2, 0.25) is 0 Å². The molecule has 5 heteroatoms. The predicted molar refractivity (Wildman–Crippen MR) is 81.8 cm³/mol. The Morgan fingerprint density at radius 2 is 2.05 bits per heavy atom. The van der Waals surface area contributed by atoms with Crippen molar-refractivity contribution in [1.82, 2.24) is 19.5 Å². The highest BCUT2D eigenvalue weighted by atomic mass is 15.1. The van der Waals surface area contributed by atoms with Crippen molar-refractivity contribution in [2.75, 3.05) is 11.9 Å². The Morgan fingerprint density at radius 1 is 1.30 bits per heavy atom. The van der Waals surface area contributed by atoms with Crippen LogP contribution in [0, 0.1) is 6.92 Å². The third-order valence-electron chi connectivity index (χ3n) is 3.30. The Labute approximate surface area is 120 Å². The summed E-state index contributed by atoms with van der Waals surface area (Å²) in [6, 6.07) is 0. The molecule has 0 bridgehead atoms. The molecule has 2 aromatic rings. The Balaban J connectivity index is 2.51. The largest absolute Gasteiger partial charge is 0.370 e. The first-order valence-electron chi connectivity index (χ1n) is 7.13. The number of hydrogen-bond donors (Lipinski definition) is 1. The summed E-state index contributed by atoms with van der Waals surface area (Å²) in [4.78, 5) is 13.5. The van der Waals surface area contributed by atoms with Crippen molar-refractivity contribution >= 4 is 5.82 Å². The van der Waals surface area contributed by atoms with Gasteiger partial charge in [-0.2, -0.15) is 0 Å². The van der Waals surface area contributed by atoms with E-state index in [0.29, 0.717) is 5.92 Å². The molecule has 20 heavy (non-hydrogen) atoms. The molecule has 0 aliphatic carbocycles. The minimum atomic E-state index is 0.398. The Hall–Kier alpha value is -1.91. The molecule has 0 aromatic carbocycles. The number of imidazole rings is 1. The second-order valence-electron chi connectivity index (χ2n) is 5.37. The maximum atomic E-state index is 4.71. The van der Waals surface area contributed by atoms with E-state index in [1.54, 1.807) is 12.5 Å². The van der Waals surface area contributed by atoms with Gasteiger partial charge >= 0.3 is 0 Å². The zero-order chi connectivity index (χ0) is 14.7. The Bertz CT molecular complexity index is 586. The van der Waals surface area contributed by atoms with Gasteiger partial charge in [0.15, 0.2) is 5.82 Å². The van der Waals surface area contributed by atoms with Crippen LogP contribution in [0.1, 0.15) is 44.4 Å². The number of aryl methyl sites for hydroxylation is 2. The van der Waals surface area contributed by atoms with E-state index in [-0.39, 0.29) is 0 Å². The van der Waals surface area contributed by atoms with E-state index in [2.05, 4.69) is 36.1 Å². The molecule has 0 unspecified atom stereocenters. The molecule has 0 radical (unpaired) electrons. The molecular formula is C15H23N5. The quantitative estimate of drug-likeness (QED) is 0.909. The maximum absolute atomic E-state index is 4.71. The lowest BCUT2D eigenvalue weighted by Crippen LogP contribution is -2.11. The standard InChI is InChI=1S/C15H23N5/c1-6-7-17-15-13(10(2)3)11(4)18-14(19-15)12-8-16-9-20(12)5/h8-10H,6-7H2,1-5H3,(H,17,18,19).